The molecule has 1 heterocycles. The molecule has 0 saturated carbocycles. The summed E-state index contributed by atoms with van der Waals surface area (Å²) in [5, 5.41) is 19.6. The summed E-state index contributed by atoms with van der Waals surface area (Å²) in [5.74, 6) is -3.28. The van der Waals surface area contributed by atoms with Crippen molar-refractivity contribution in [2.45, 2.75) is 0 Å². The Hall–Kier alpha value is -2.55. The predicted molar refractivity (Wildman–Crippen MR) is 72.0 cm³/mol. The van der Waals surface area contributed by atoms with Crippen LogP contribution in [0, 0.1) is 15.9 Å². The van der Waals surface area contributed by atoms with E-state index >= 15 is 0 Å². The number of hydrogen-bond donors (Lipinski definition) is 1. The number of carboxylic acid groups (broad SMARTS) is 1. The summed E-state index contributed by atoms with van der Waals surface area (Å²) in [6.07, 6.45) is 1.06. The average molecular weight is 357 g/mol. The molecule has 0 aliphatic rings. The van der Waals surface area contributed by atoms with Crippen molar-refractivity contribution in [2.24, 2.45) is 0 Å². The molecule has 0 aliphatic heterocycles. The first-order valence-corrected chi connectivity index (χ1v) is 6.19. The van der Waals surface area contributed by atoms with E-state index in [1.54, 1.807) is 0 Å². The molecule has 2 aromatic rings. The predicted octanol–water partition coefficient (Wildman–Crippen LogP) is 3.38. The van der Waals surface area contributed by atoms with Crippen LogP contribution in [0.5, 0.6) is 11.6 Å². The van der Waals surface area contributed by atoms with E-state index in [1.807, 2.05) is 0 Å². The topological polar surface area (TPSA) is 103 Å². The van der Waals surface area contributed by atoms with E-state index in [0.717, 1.165) is 12.3 Å². The fourth-order valence-corrected chi connectivity index (χ4v) is 1.97. The summed E-state index contributed by atoms with van der Waals surface area (Å²) in [5.41, 5.74) is -0.885. The Kier molecular flexibility index (Phi) is 4.13. The number of nitro groups is 1. The van der Waals surface area contributed by atoms with Crippen LogP contribution in [-0.2, 0) is 0 Å². The van der Waals surface area contributed by atoms with Gasteiger partial charge in [0.05, 0.1) is 4.92 Å². The quantitative estimate of drug-likeness (QED) is 0.665. The summed E-state index contributed by atoms with van der Waals surface area (Å²) in [4.78, 5) is 24.5. The molecule has 0 bridgehead atoms. The Bertz CT molecular complexity index is 676. The largest absolute Gasteiger partial charge is 0.478 e. The van der Waals surface area contributed by atoms with Crippen LogP contribution in [0.2, 0.25) is 0 Å². The number of rotatable bonds is 4. The molecule has 1 aromatic heterocycles. The third-order valence-corrected chi connectivity index (χ3v) is 3.23. The van der Waals surface area contributed by atoms with Gasteiger partial charge in [0.1, 0.15) is 10.0 Å². The van der Waals surface area contributed by atoms with E-state index in [0.29, 0.717) is 0 Å². The van der Waals surface area contributed by atoms with Crippen LogP contribution < -0.4 is 4.74 Å². The van der Waals surface area contributed by atoms with Crippen molar-refractivity contribution in [1.82, 2.24) is 4.98 Å². The zero-order valence-corrected chi connectivity index (χ0v) is 11.7. The number of benzene rings is 1. The zero-order chi connectivity index (χ0) is 15.6. The molecule has 0 fully saturated rings. The summed E-state index contributed by atoms with van der Waals surface area (Å²) in [6, 6.07) is 4.91. The number of nitrogens with zero attached hydrogens (tertiary/aromatic N) is 2. The fraction of sp³-hybridized carbons (Fsp3) is 0. The Balaban J connectivity index is 2.44. The molecule has 0 atom stereocenters. The second kappa shape index (κ2) is 5.83. The van der Waals surface area contributed by atoms with Crippen molar-refractivity contribution < 1.29 is 24.0 Å². The van der Waals surface area contributed by atoms with Crippen molar-refractivity contribution in [2.75, 3.05) is 0 Å². The van der Waals surface area contributed by atoms with Crippen molar-refractivity contribution in [3.8, 4) is 11.6 Å². The highest BCUT2D eigenvalue weighted by Crippen LogP contribution is 2.36. The normalized spacial score (nSPS) is 10.2. The Morgan fingerprint density at radius 3 is 2.76 bits per heavy atom. The third kappa shape index (κ3) is 2.97. The molecule has 0 radical (unpaired) electrons. The SMILES string of the molecule is O=C(O)c1ccnc(Oc2cccc([N+](=O)[O-])c2Br)c1F. The van der Waals surface area contributed by atoms with Gasteiger partial charge in [-0.3, -0.25) is 10.1 Å². The number of aromatic nitrogens is 1. The number of nitro benzene ring substituents is 1. The van der Waals surface area contributed by atoms with Gasteiger partial charge in [-0.2, -0.15) is 0 Å². The van der Waals surface area contributed by atoms with E-state index in [4.69, 9.17) is 9.84 Å². The number of halogens is 2. The molecule has 0 aliphatic carbocycles. The molecule has 1 aromatic carbocycles. The van der Waals surface area contributed by atoms with Crippen LogP contribution in [0.25, 0.3) is 0 Å². The van der Waals surface area contributed by atoms with Crippen LogP contribution in [0.3, 0.4) is 0 Å². The fourth-order valence-electron chi connectivity index (χ4n) is 1.48. The van der Waals surface area contributed by atoms with E-state index in [-0.39, 0.29) is 15.9 Å². The minimum atomic E-state index is -1.47. The van der Waals surface area contributed by atoms with Crippen LogP contribution in [-0.4, -0.2) is 21.0 Å². The summed E-state index contributed by atoms with van der Waals surface area (Å²) >= 11 is 2.98. The Morgan fingerprint density at radius 1 is 1.43 bits per heavy atom. The number of hydrogen-bond acceptors (Lipinski definition) is 5. The van der Waals surface area contributed by atoms with Gasteiger partial charge in [-0.1, -0.05) is 6.07 Å². The highest BCUT2D eigenvalue weighted by atomic mass is 79.9. The van der Waals surface area contributed by atoms with Gasteiger partial charge < -0.3 is 9.84 Å². The van der Waals surface area contributed by atoms with Gasteiger partial charge in [0.25, 0.3) is 11.6 Å². The van der Waals surface area contributed by atoms with Crippen LogP contribution >= 0.6 is 15.9 Å². The minimum Gasteiger partial charge on any atom is -0.478 e. The van der Waals surface area contributed by atoms with E-state index in [1.165, 1.54) is 18.2 Å². The van der Waals surface area contributed by atoms with Gasteiger partial charge in [0, 0.05) is 12.3 Å². The highest BCUT2D eigenvalue weighted by molar-refractivity contribution is 9.10. The van der Waals surface area contributed by atoms with E-state index in [9.17, 15) is 19.3 Å². The maximum atomic E-state index is 13.9. The number of ether oxygens (including phenoxy) is 1. The van der Waals surface area contributed by atoms with Crippen LogP contribution in [0.4, 0.5) is 10.1 Å². The molecule has 0 saturated heterocycles. The lowest BCUT2D eigenvalue weighted by molar-refractivity contribution is -0.385. The lowest BCUT2D eigenvalue weighted by Crippen LogP contribution is -2.03. The lowest BCUT2D eigenvalue weighted by Gasteiger charge is -2.08. The van der Waals surface area contributed by atoms with Gasteiger partial charge in [-0.25, -0.2) is 14.2 Å². The summed E-state index contributed by atoms with van der Waals surface area (Å²) in [7, 11) is 0. The standard InChI is InChI=1S/C12H6BrFN2O5/c13-9-7(16(19)20)2-1-3-8(9)21-11-10(14)6(12(17)18)4-5-15-11/h1-5H,(H,17,18). The smallest absolute Gasteiger partial charge is 0.338 e. The molecule has 2 rings (SSSR count). The number of pyridine rings is 1. The maximum Gasteiger partial charge on any atom is 0.338 e. The zero-order valence-electron chi connectivity index (χ0n) is 10.1. The van der Waals surface area contributed by atoms with Crippen LogP contribution in [0.1, 0.15) is 10.4 Å². The molecular weight excluding hydrogens is 351 g/mol. The first kappa shape index (κ1) is 14.9. The minimum absolute atomic E-state index is 0.00284. The molecular formula is C12H6BrFN2O5. The van der Waals surface area contributed by atoms with Crippen molar-refractivity contribution in [3.05, 3.63) is 56.4 Å². The number of carbonyl (C=O) groups is 1. The van der Waals surface area contributed by atoms with E-state index in [2.05, 4.69) is 20.9 Å². The van der Waals surface area contributed by atoms with Gasteiger partial charge in [0.15, 0.2) is 11.6 Å². The van der Waals surface area contributed by atoms with Gasteiger partial charge in [0.2, 0.25) is 0 Å². The molecule has 1 N–H and O–H groups in total. The summed E-state index contributed by atoms with van der Waals surface area (Å²) < 4.78 is 19.0. The van der Waals surface area contributed by atoms with Crippen LogP contribution in [0.15, 0.2) is 34.9 Å². The third-order valence-electron chi connectivity index (χ3n) is 2.43. The van der Waals surface area contributed by atoms with Crippen molar-refractivity contribution in [3.63, 3.8) is 0 Å². The lowest BCUT2D eigenvalue weighted by atomic mass is 10.2. The molecule has 0 unspecified atom stereocenters. The monoisotopic (exact) mass is 356 g/mol. The number of carboxylic acids is 1. The highest BCUT2D eigenvalue weighted by Gasteiger charge is 2.20. The first-order valence-electron chi connectivity index (χ1n) is 5.40. The van der Waals surface area contributed by atoms with Crippen molar-refractivity contribution in [1.29, 1.82) is 0 Å². The second-order valence-corrected chi connectivity index (χ2v) is 4.52. The average Bonchev–Trinajstić information content (AvgIpc) is 2.42. The molecule has 21 heavy (non-hydrogen) atoms. The van der Waals surface area contributed by atoms with Gasteiger partial charge >= 0.3 is 5.97 Å². The first-order chi connectivity index (χ1) is 9.91. The van der Waals surface area contributed by atoms with E-state index < -0.39 is 28.2 Å². The molecule has 7 nitrogen and oxygen atoms in total. The Morgan fingerprint density at radius 2 is 2.14 bits per heavy atom. The molecule has 9 heteroatoms. The second-order valence-electron chi connectivity index (χ2n) is 3.73. The molecule has 108 valence electrons. The number of aromatic carboxylic acids is 1. The van der Waals surface area contributed by atoms with Gasteiger partial charge in [-0.15, -0.1) is 0 Å². The van der Waals surface area contributed by atoms with Gasteiger partial charge in [-0.05, 0) is 28.1 Å². The molecule has 0 spiro atoms. The maximum absolute atomic E-state index is 13.9. The van der Waals surface area contributed by atoms with Crippen molar-refractivity contribution >= 4 is 27.6 Å². The molecule has 0 amide bonds. The Labute approximate surface area is 125 Å². The summed E-state index contributed by atoms with van der Waals surface area (Å²) in [6.45, 7) is 0.